The highest BCUT2D eigenvalue weighted by Gasteiger charge is 2.26. The second-order valence-corrected chi connectivity index (χ2v) is 9.05. The SMILES string of the molecule is COc1ccc(C)cc1NC(=O)C(C)N1CCN(Cc2csc(-c3ccccc3)n2)CC1. The molecule has 1 amide bonds. The largest absolute Gasteiger partial charge is 0.495 e. The molecule has 0 spiro atoms. The molecule has 6 nitrogen and oxygen atoms in total. The normalized spacial score (nSPS) is 16.0. The van der Waals surface area contributed by atoms with Gasteiger partial charge < -0.3 is 10.1 Å². The smallest absolute Gasteiger partial charge is 0.241 e. The minimum absolute atomic E-state index is 0.00523. The molecule has 1 aliphatic heterocycles. The van der Waals surface area contributed by atoms with Gasteiger partial charge in [0.1, 0.15) is 10.8 Å². The Labute approximate surface area is 193 Å². The first-order valence-electron chi connectivity index (χ1n) is 10.9. The van der Waals surface area contributed by atoms with Gasteiger partial charge in [-0.1, -0.05) is 36.4 Å². The first kappa shape index (κ1) is 22.5. The molecule has 2 heterocycles. The first-order chi connectivity index (χ1) is 15.5. The monoisotopic (exact) mass is 450 g/mol. The molecule has 4 rings (SSSR count). The Balaban J connectivity index is 1.29. The molecule has 7 heteroatoms. The number of carbonyl (C=O) groups excluding carboxylic acids is 1. The maximum atomic E-state index is 12.9. The number of aryl methyl sites for hydroxylation is 1. The summed E-state index contributed by atoms with van der Waals surface area (Å²) in [4.78, 5) is 22.3. The third kappa shape index (κ3) is 5.35. The van der Waals surface area contributed by atoms with Crippen LogP contribution in [0.3, 0.4) is 0 Å². The Bertz CT molecular complexity index is 1050. The molecular formula is C25H30N4O2S. The molecule has 3 aromatic rings. The van der Waals surface area contributed by atoms with Crippen molar-refractivity contribution in [1.82, 2.24) is 14.8 Å². The lowest BCUT2D eigenvalue weighted by Gasteiger charge is -2.37. The Morgan fingerprint density at radius 1 is 1.16 bits per heavy atom. The van der Waals surface area contributed by atoms with Crippen LogP contribution in [0.5, 0.6) is 5.75 Å². The standard InChI is InChI=1S/C25H30N4O2S/c1-18-9-10-23(31-3)22(15-18)27-24(30)19(2)29-13-11-28(12-14-29)16-21-17-32-25(26-21)20-7-5-4-6-8-20/h4-10,15,17,19H,11-14,16H2,1-3H3,(H,27,30). The number of hydrogen-bond donors (Lipinski definition) is 1. The van der Waals surface area contributed by atoms with Crippen LogP contribution in [0.2, 0.25) is 0 Å². The van der Waals surface area contributed by atoms with Gasteiger partial charge in [0.2, 0.25) is 5.91 Å². The Kier molecular flexibility index (Phi) is 7.19. The molecule has 1 unspecified atom stereocenters. The summed E-state index contributed by atoms with van der Waals surface area (Å²) < 4.78 is 5.39. The lowest BCUT2D eigenvalue weighted by Crippen LogP contribution is -2.52. The average molecular weight is 451 g/mol. The maximum absolute atomic E-state index is 12.9. The van der Waals surface area contributed by atoms with Crippen LogP contribution in [0.25, 0.3) is 10.6 Å². The van der Waals surface area contributed by atoms with Gasteiger partial charge in [-0.05, 0) is 31.5 Å². The van der Waals surface area contributed by atoms with Crippen LogP contribution in [-0.2, 0) is 11.3 Å². The Morgan fingerprint density at radius 3 is 2.62 bits per heavy atom. The molecule has 1 aliphatic rings. The number of piperazine rings is 1. The van der Waals surface area contributed by atoms with Crippen LogP contribution in [0.15, 0.2) is 53.9 Å². The topological polar surface area (TPSA) is 57.7 Å². The maximum Gasteiger partial charge on any atom is 0.241 e. The van der Waals surface area contributed by atoms with Crippen molar-refractivity contribution in [1.29, 1.82) is 0 Å². The zero-order valence-corrected chi connectivity index (χ0v) is 19.7. The molecule has 1 N–H and O–H groups in total. The number of thiazole rings is 1. The van der Waals surface area contributed by atoms with E-state index in [1.165, 1.54) is 5.56 Å². The van der Waals surface area contributed by atoms with Crippen molar-refractivity contribution in [3.63, 3.8) is 0 Å². The Morgan fingerprint density at radius 2 is 1.91 bits per heavy atom. The fourth-order valence-corrected chi connectivity index (χ4v) is 4.77. The molecule has 0 bridgehead atoms. The third-order valence-corrected chi connectivity index (χ3v) is 6.85. The zero-order valence-electron chi connectivity index (χ0n) is 18.9. The van der Waals surface area contributed by atoms with Gasteiger partial charge in [-0.3, -0.25) is 14.6 Å². The van der Waals surface area contributed by atoms with Crippen LogP contribution in [0.1, 0.15) is 18.2 Å². The number of rotatable bonds is 7. The average Bonchev–Trinajstić information content (AvgIpc) is 3.28. The van der Waals surface area contributed by atoms with Gasteiger partial charge in [-0.2, -0.15) is 0 Å². The minimum atomic E-state index is -0.202. The van der Waals surface area contributed by atoms with Crippen molar-refractivity contribution in [3.8, 4) is 16.3 Å². The van der Waals surface area contributed by atoms with Gasteiger partial charge >= 0.3 is 0 Å². The second-order valence-electron chi connectivity index (χ2n) is 8.19. The fraction of sp³-hybridized carbons (Fsp3) is 0.360. The number of carbonyl (C=O) groups is 1. The minimum Gasteiger partial charge on any atom is -0.495 e. The molecule has 2 aromatic carbocycles. The van der Waals surface area contributed by atoms with Crippen molar-refractivity contribution < 1.29 is 9.53 Å². The lowest BCUT2D eigenvalue weighted by molar-refractivity contribution is -0.121. The van der Waals surface area contributed by atoms with E-state index in [0.717, 1.165) is 54.7 Å². The van der Waals surface area contributed by atoms with E-state index < -0.39 is 0 Å². The van der Waals surface area contributed by atoms with Crippen LogP contribution in [0.4, 0.5) is 5.69 Å². The zero-order chi connectivity index (χ0) is 22.5. The molecule has 0 saturated carbocycles. The van der Waals surface area contributed by atoms with E-state index in [4.69, 9.17) is 9.72 Å². The number of aromatic nitrogens is 1. The summed E-state index contributed by atoms with van der Waals surface area (Å²) in [5.74, 6) is 0.674. The highest BCUT2D eigenvalue weighted by Crippen LogP contribution is 2.26. The molecule has 168 valence electrons. The van der Waals surface area contributed by atoms with Crippen molar-refractivity contribution in [3.05, 3.63) is 65.2 Å². The van der Waals surface area contributed by atoms with Gasteiger partial charge in [0.25, 0.3) is 0 Å². The predicted molar refractivity (Wildman–Crippen MR) is 130 cm³/mol. The number of anilines is 1. The molecule has 0 aliphatic carbocycles. The highest BCUT2D eigenvalue weighted by atomic mass is 32.1. The van der Waals surface area contributed by atoms with Gasteiger partial charge in [-0.15, -0.1) is 11.3 Å². The van der Waals surface area contributed by atoms with Crippen LogP contribution < -0.4 is 10.1 Å². The molecule has 1 fully saturated rings. The van der Waals surface area contributed by atoms with E-state index in [2.05, 4.69) is 32.6 Å². The summed E-state index contributed by atoms with van der Waals surface area (Å²) in [5.41, 5.74) is 4.08. The Hall–Kier alpha value is -2.74. The van der Waals surface area contributed by atoms with Crippen molar-refractivity contribution in [2.45, 2.75) is 26.4 Å². The summed E-state index contributed by atoms with van der Waals surface area (Å²) in [6.45, 7) is 8.37. The van der Waals surface area contributed by atoms with Crippen molar-refractivity contribution in [2.24, 2.45) is 0 Å². The van der Waals surface area contributed by atoms with E-state index in [-0.39, 0.29) is 11.9 Å². The molecule has 1 aromatic heterocycles. The predicted octanol–water partition coefficient (Wildman–Crippen LogP) is 4.27. The van der Waals surface area contributed by atoms with E-state index in [1.54, 1.807) is 18.4 Å². The third-order valence-electron chi connectivity index (χ3n) is 5.90. The van der Waals surface area contributed by atoms with Gasteiger partial charge in [0, 0.05) is 43.7 Å². The summed E-state index contributed by atoms with van der Waals surface area (Å²) in [7, 11) is 1.62. The lowest BCUT2D eigenvalue weighted by atomic mass is 10.1. The molecule has 32 heavy (non-hydrogen) atoms. The molecular weight excluding hydrogens is 420 g/mol. The summed E-state index contributed by atoms with van der Waals surface area (Å²) in [6.07, 6.45) is 0. The van der Waals surface area contributed by atoms with Gasteiger partial charge in [0.15, 0.2) is 0 Å². The molecule has 0 radical (unpaired) electrons. The number of hydrogen-bond acceptors (Lipinski definition) is 6. The van der Waals surface area contributed by atoms with Crippen LogP contribution >= 0.6 is 11.3 Å². The summed E-state index contributed by atoms with van der Waals surface area (Å²) in [6, 6.07) is 15.9. The number of ether oxygens (including phenoxy) is 1. The number of nitrogens with one attached hydrogen (secondary N) is 1. The first-order valence-corrected chi connectivity index (χ1v) is 11.8. The quantitative estimate of drug-likeness (QED) is 0.583. The van der Waals surface area contributed by atoms with E-state index in [9.17, 15) is 4.79 Å². The summed E-state index contributed by atoms with van der Waals surface area (Å²) >= 11 is 1.69. The van der Waals surface area contributed by atoms with Crippen LogP contribution in [-0.4, -0.2) is 60.0 Å². The number of methoxy groups -OCH3 is 1. The van der Waals surface area contributed by atoms with Gasteiger partial charge in [0.05, 0.1) is 24.5 Å². The van der Waals surface area contributed by atoms with Crippen molar-refractivity contribution >= 4 is 22.9 Å². The molecule has 1 atom stereocenters. The van der Waals surface area contributed by atoms with Gasteiger partial charge in [-0.25, -0.2) is 4.98 Å². The number of benzene rings is 2. The van der Waals surface area contributed by atoms with Crippen molar-refractivity contribution in [2.75, 3.05) is 38.6 Å². The fourth-order valence-electron chi connectivity index (χ4n) is 3.95. The molecule has 1 saturated heterocycles. The van der Waals surface area contributed by atoms with E-state index in [1.807, 2.05) is 50.2 Å². The number of amides is 1. The number of nitrogens with zero attached hydrogens (tertiary/aromatic N) is 3. The highest BCUT2D eigenvalue weighted by molar-refractivity contribution is 7.13. The van der Waals surface area contributed by atoms with Crippen LogP contribution in [0, 0.1) is 6.92 Å². The van der Waals surface area contributed by atoms with E-state index in [0.29, 0.717) is 5.75 Å². The second kappa shape index (κ2) is 10.3. The summed E-state index contributed by atoms with van der Waals surface area (Å²) in [5, 5.41) is 6.26. The van der Waals surface area contributed by atoms with E-state index >= 15 is 0 Å².